The zero-order valence-electron chi connectivity index (χ0n) is 11.3. The van der Waals surface area contributed by atoms with Gasteiger partial charge in [0.15, 0.2) is 5.78 Å². The molecule has 0 aliphatic rings. The Hall–Kier alpha value is -2.95. The van der Waals surface area contributed by atoms with Crippen LogP contribution in [0.5, 0.6) is 0 Å². The monoisotopic (exact) mass is 280 g/mol. The summed E-state index contributed by atoms with van der Waals surface area (Å²) in [5.41, 5.74) is 3.08. The molecule has 0 saturated heterocycles. The van der Waals surface area contributed by atoms with Crippen LogP contribution in [0.3, 0.4) is 0 Å². The Morgan fingerprint density at radius 2 is 1.86 bits per heavy atom. The van der Waals surface area contributed by atoms with E-state index >= 15 is 0 Å². The van der Waals surface area contributed by atoms with E-state index in [0.717, 1.165) is 16.8 Å². The van der Waals surface area contributed by atoms with Gasteiger partial charge in [0.1, 0.15) is 0 Å². The van der Waals surface area contributed by atoms with Crippen molar-refractivity contribution in [2.75, 3.05) is 0 Å². The zero-order valence-corrected chi connectivity index (χ0v) is 11.3. The number of pyridine rings is 1. The summed E-state index contributed by atoms with van der Waals surface area (Å²) in [6.45, 7) is 1.52. The summed E-state index contributed by atoms with van der Waals surface area (Å²) >= 11 is 0. The number of carbonyl (C=O) groups excluding carboxylic acids is 1. The Morgan fingerprint density at radius 3 is 2.48 bits per heavy atom. The number of Topliss-reactive ketones (excluding diaryl/α,β-unsaturated/α-hetero) is 1. The predicted molar refractivity (Wildman–Crippen MR) is 79.5 cm³/mol. The predicted octanol–water partition coefficient (Wildman–Crippen LogP) is 3.72. The molecular weight excluding hydrogens is 268 g/mol. The van der Waals surface area contributed by atoms with E-state index in [9.17, 15) is 14.9 Å². The fourth-order valence-corrected chi connectivity index (χ4v) is 2.43. The molecule has 0 spiro atoms. The van der Waals surface area contributed by atoms with Gasteiger partial charge >= 0.3 is 0 Å². The maximum Gasteiger partial charge on any atom is 0.269 e. The molecule has 21 heavy (non-hydrogen) atoms. The Balaban J connectivity index is 2.25. The second-order valence-corrected chi connectivity index (χ2v) is 4.76. The highest BCUT2D eigenvalue weighted by Gasteiger charge is 2.16. The first kappa shape index (κ1) is 13.1. The smallest absolute Gasteiger partial charge is 0.269 e. The molecule has 2 aromatic heterocycles. The van der Waals surface area contributed by atoms with E-state index in [1.165, 1.54) is 19.1 Å². The Labute approximate surface area is 120 Å². The van der Waals surface area contributed by atoms with Gasteiger partial charge in [-0.05, 0) is 42.8 Å². The molecule has 0 saturated carbocycles. The lowest BCUT2D eigenvalue weighted by atomic mass is 10.1. The molecular formula is C16H12N2O3. The molecule has 0 fully saturated rings. The van der Waals surface area contributed by atoms with Crippen molar-refractivity contribution in [2.45, 2.75) is 6.92 Å². The highest BCUT2D eigenvalue weighted by Crippen LogP contribution is 2.29. The zero-order chi connectivity index (χ0) is 15.0. The third-order valence-corrected chi connectivity index (χ3v) is 3.41. The number of aromatic nitrogens is 1. The fourth-order valence-electron chi connectivity index (χ4n) is 2.43. The van der Waals surface area contributed by atoms with Crippen molar-refractivity contribution in [2.24, 2.45) is 0 Å². The lowest BCUT2D eigenvalue weighted by Gasteiger charge is -2.05. The molecule has 5 nitrogen and oxygen atoms in total. The van der Waals surface area contributed by atoms with E-state index in [2.05, 4.69) is 0 Å². The average molecular weight is 280 g/mol. The van der Waals surface area contributed by atoms with Crippen LogP contribution in [0, 0.1) is 10.1 Å². The molecule has 0 unspecified atom stereocenters. The molecule has 1 aromatic carbocycles. The number of non-ortho nitro benzene ring substituents is 1. The quantitative estimate of drug-likeness (QED) is 0.417. The molecule has 0 aliphatic heterocycles. The van der Waals surface area contributed by atoms with Crippen LogP contribution in [0.15, 0.2) is 54.7 Å². The first-order chi connectivity index (χ1) is 10.1. The van der Waals surface area contributed by atoms with Crippen molar-refractivity contribution >= 4 is 17.0 Å². The van der Waals surface area contributed by atoms with Crippen molar-refractivity contribution in [3.05, 3.63) is 70.4 Å². The molecule has 0 atom stereocenters. The molecule has 0 bridgehead atoms. The van der Waals surface area contributed by atoms with Gasteiger partial charge in [0.05, 0.1) is 10.6 Å². The number of hydrogen-bond acceptors (Lipinski definition) is 3. The van der Waals surface area contributed by atoms with Gasteiger partial charge in [-0.3, -0.25) is 14.9 Å². The lowest BCUT2D eigenvalue weighted by Crippen LogP contribution is -1.96. The van der Waals surface area contributed by atoms with E-state index in [1.54, 1.807) is 12.1 Å². The van der Waals surface area contributed by atoms with E-state index in [4.69, 9.17) is 0 Å². The largest absolute Gasteiger partial charge is 0.316 e. The van der Waals surface area contributed by atoms with Crippen LogP contribution in [-0.4, -0.2) is 15.1 Å². The molecule has 0 aliphatic carbocycles. The molecule has 0 N–H and O–H groups in total. The Bertz CT molecular complexity index is 848. The van der Waals surface area contributed by atoms with Gasteiger partial charge < -0.3 is 4.40 Å². The third kappa shape index (κ3) is 2.18. The maximum atomic E-state index is 11.9. The lowest BCUT2D eigenvalue weighted by molar-refractivity contribution is -0.384. The molecule has 3 aromatic rings. The minimum atomic E-state index is -0.439. The molecule has 3 rings (SSSR count). The number of nitro groups is 1. The van der Waals surface area contributed by atoms with Crippen molar-refractivity contribution in [3.63, 3.8) is 0 Å². The summed E-state index contributed by atoms with van der Waals surface area (Å²) in [6.07, 6.45) is 1.87. The van der Waals surface area contributed by atoms with Crippen LogP contribution in [-0.2, 0) is 0 Å². The minimum Gasteiger partial charge on any atom is -0.316 e. The van der Waals surface area contributed by atoms with Crippen LogP contribution in [0.25, 0.3) is 16.8 Å². The average Bonchev–Trinajstić information content (AvgIpc) is 2.87. The van der Waals surface area contributed by atoms with Gasteiger partial charge in [0.2, 0.25) is 0 Å². The number of rotatable bonds is 3. The number of carbonyl (C=O) groups is 1. The van der Waals surface area contributed by atoms with Gasteiger partial charge in [0.25, 0.3) is 5.69 Å². The SMILES string of the molecule is CC(=O)c1cc2ccccn2c1-c1ccc([N+](=O)[O-])cc1. The van der Waals surface area contributed by atoms with E-state index in [-0.39, 0.29) is 11.5 Å². The highest BCUT2D eigenvalue weighted by molar-refractivity contribution is 6.02. The van der Waals surface area contributed by atoms with Gasteiger partial charge in [-0.15, -0.1) is 0 Å². The van der Waals surface area contributed by atoms with E-state index in [0.29, 0.717) is 5.56 Å². The highest BCUT2D eigenvalue weighted by atomic mass is 16.6. The summed E-state index contributed by atoms with van der Waals surface area (Å²) in [5, 5.41) is 10.7. The van der Waals surface area contributed by atoms with Crippen LogP contribution in [0.1, 0.15) is 17.3 Å². The normalized spacial score (nSPS) is 10.7. The topological polar surface area (TPSA) is 64.6 Å². The van der Waals surface area contributed by atoms with Crippen LogP contribution in [0.4, 0.5) is 5.69 Å². The number of ketones is 1. The number of benzene rings is 1. The summed E-state index contributed by atoms with van der Waals surface area (Å²) in [7, 11) is 0. The van der Waals surface area contributed by atoms with E-state index < -0.39 is 4.92 Å². The van der Waals surface area contributed by atoms with E-state index in [1.807, 2.05) is 34.9 Å². The van der Waals surface area contributed by atoms with Crippen LogP contribution < -0.4 is 0 Å². The van der Waals surface area contributed by atoms with Crippen LogP contribution in [0.2, 0.25) is 0 Å². The molecule has 2 heterocycles. The standard InChI is InChI=1S/C16H12N2O3/c1-11(19)15-10-14-4-2-3-9-17(14)16(15)12-5-7-13(8-6-12)18(20)21/h2-10H,1H3. The summed E-state index contributed by atoms with van der Waals surface area (Å²) in [5.74, 6) is -0.0351. The molecule has 104 valence electrons. The van der Waals surface area contributed by atoms with Gasteiger partial charge in [-0.1, -0.05) is 6.07 Å². The second kappa shape index (κ2) is 4.86. The fraction of sp³-hybridized carbons (Fsp3) is 0.0625. The number of hydrogen-bond donors (Lipinski definition) is 0. The van der Waals surface area contributed by atoms with Crippen molar-refractivity contribution in [1.82, 2.24) is 4.40 Å². The summed E-state index contributed by atoms with van der Waals surface area (Å²) < 4.78 is 1.91. The third-order valence-electron chi connectivity index (χ3n) is 3.41. The number of fused-ring (bicyclic) bond motifs is 1. The number of nitrogens with zero attached hydrogens (tertiary/aromatic N) is 2. The number of nitro benzene ring substituents is 1. The van der Waals surface area contributed by atoms with Gasteiger partial charge in [-0.25, -0.2) is 0 Å². The second-order valence-electron chi connectivity index (χ2n) is 4.76. The van der Waals surface area contributed by atoms with Crippen LogP contribution >= 0.6 is 0 Å². The minimum absolute atomic E-state index is 0.0315. The van der Waals surface area contributed by atoms with Crippen molar-refractivity contribution in [1.29, 1.82) is 0 Å². The molecule has 0 amide bonds. The maximum absolute atomic E-state index is 11.9. The summed E-state index contributed by atoms with van der Waals surface area (Å²) in [6, 6.07) is 13.8. The first-order valence-electron chi connectivity index (χ1n) is 6.44. The molecule has 0 radical (unpaired) electrons. The Kier molecular flexibility index (Phi) is 3.02. The summed E-state index contributed by atoms with van der Waals surface area (Å²) in [4.78, 5) is 22.2. The molecule has 5 heteroatoms. The first-order valence-corrected chi connectivity index (χ1v) is 6.44. The van der Waals surface area contributed by atoms with Crippen molar-refractivity contribution < 1.29 is 9.72 Å². The van der Waals surface area contributed by atoms with Crippen molar-refractivity contribution in [3.8, 4) is 11.3 Å². The van der Waals surface area contributed by atoms with Gasteiger partial charge in [-0.2, -0.15) is 0 Å². The van der Waals surface area contributed by atoms with Gasteiger partial charge in [0, 0.05) is 29.4 Å². The Morgan fingerprint density at radius 1 is 1.14 bits per heavy atom.